The van der Waals surface area contributed by atoms with Gasteiger partial charge < -0.3 is 9.38 Å². The molecule has 0 saturated heterocycles. The summed E-state index contributed by atoms with van der Waals surface area (Å²) in [6.45, 7) is 0. The van der Waals surface area contributed by atoms with Crippen LogP contribution in [0, 0.1) is 0 Å². The van der Waals surface area contributed by atoms with Crippen LogP contribution in [0.2, 0.25) is 0 Å². The van der Waals surface area contributed by atoms with Crippen molar-refractivity contribution in [3.63, 3.8) is 0 Å². The van der Waals surface area contributed by atoms with Gasteiger partial charge >= 0.3 is 0 Å². The normalized spacial score (nSPS) is 11.1. The van der Waals surface area contributed by atoms with Crippen molar-refractivity contribution in [2.24, 2.45) is 7.05 Å². The van der Waals surface area contributed by atoms with E-state index in [0.717, 1.165) is 22.4 Å². The Bertz CT molecular complexity index is 1010. The van der Waals surface area contributed by atoms with Gasteiger partial charge in [0, 0.05) is 31.2 Å². The Morgan fingerprint density at radius 2 is 1.77 bits per heavy atom. The topological polar surface area (TPSA) is 55.1 Å². The smallest absolute Gasteiger partial charge is 0.272 e. The maximum absolute atomic E-state index is 12.0. The van der Waals surface area contributed by atoms with Gasteiger partial charge in [0.1, 0.15) is 5.52 Å². The highest BCUT2D eigenvalue weighted by molar-refractivity contribution is 5.68. The maximum atomic E-state index is 12.0. The first-order valence-corrected chi connectivity index (χ1v) is 7.00. The molecule has 0 bridgehead atoms. The van der Waals surface area contributed by atoms with Crippen molar-refractivity contribution in [3.8, 4) is 22.4 Å². The molecular weight excluding hydrogens is 276 g/mol. The number of aryl methyl sites for hydroxylation is 1. The third kappa shape index (κ3) is 2.03. The van der Waals surface area contributed by atoms with E-state index >= 15 is 0 Å². The summed E-state index contributed by atoms with van der Waals surface area (Å²) in [6.07, 6.45) is 7.61. The number of hydrogen-bond acceptors (Lipinski definition) is 2. The molecule has 0 atom stereocenters. The SMILES string of the molecule is Cn1cc(-c2ccc(-c3cn4cccc4c(=O)[nH]3)cc2)cn1. The molecule has 0 saturated carbocycles. The fourth-order valence-corrected chi connectivity index (χ4v) is 2.62. The predicted octanol–water partition coefficient (Wildman–Crippen LogP) is 2.70. The van der Waals surface area contributed by atoms with Crippen LogP contribution >= 0.6 is 0 Å². The highest BCUT2D eigenvalue weighted by Crippen LogP contribution is 2.23. The van der Waals surface area contributed by atoms with Crippen molar-refractivity contribution in [2.45, 2.75) is 0 Å². The van der Waals surface area contributed by atoms with Gasteiger partial charge in [0.05, 0.1) is 11.9 Å². The summed E-state index contributed by atoms with van der Waals surface area (Å²) in [6, 6.07) is 11.7. The van der Waals surface area contributed by atoms with Crippen molar-refractivity contribution in [2.75, 3.05) is 0 Å². The molecule has 5 nitrogen and oxygen atoms in total. The number of H-pyrrole nitrogens is 1. The second kappa shape index (κ2) is 4.73. The fourth-order valence-electron chi connectivity index (χ4n) is 2.62. The van der Waals surface area contributed by atoms with Crippen LogP contribution in [0.5, 0.6) is 0 Å². The van der Waals surface area contributed by atoms with Gasteiger partial charge in [-0.25, -0.2) is 0 Å². The highest BCUT2D eigenvalue weighted by atomic mass is 16.1. The number of rotatable bonds is 2. The van der Waals surface area contributed by atoms with Gasteiger partial charge in [0.25, 0.3) is 5.56 Å². The van der Waals surface area contributed by atoms with E-state index < -0.39 is 0 Å². The third-order valence-corrected chi connectivity index (χ3v) is 3.76. The zero-order valence-electron chi connectivity index (χ0n) is 12.0. The summed E-state index contributed by atoms with van der Waals surface area (Å²) in [5.41, 5.74) is 4.51. The molecule has 22 heavy (non-hydrogen) atoms. The van der Waals surface area contributed by atoms with E-state index in [1.165, 1.54) is 0 Å². The molecule has 0 aliphatic heterocycles. The number of nitrogens with one attached hydrogen (secondary N) is 1. The summed E-state index contributed by atoms with van der Waals surface area (Å²) in [7, 11) is 1.90. The van der Waals surface area contributed by atoms with Crippen LogP contribution in [-0.4, -0.2) is 19.2 Å². The zero-order valence-corrected chi connectivity index (χ0v) is 12.0. The molecule has 0 unspecified atom stereocenters. The quantitative estimate of drug-likeness (QED) is 0.617. The molecule has 0 amide bonds. The van der Waals surface area contributed by atoms with Crippen LogP contribution in [0.25, 0.3) is 27.9 Å². The minimum Gasteiger partial charge on any atom is -0.319 e. The van der Waals surface area contributed by atoms with Crippen LogP contribution in [0.15, 0.2) is 66.0 Å². The van der Waals surface area contributed by atoms with E-state index in [9.17, 15) is 4.79 Å². The molecule has 4 rings (SSSR count). The second-order valence-electron chi connectivity index (χ2n) is 5.28. The van der Waals surface area contributed by atoms with E-state index in [2.05, 4.69) is 10.1 Å². The van der Waals surface area contributed by atoms with Crippen LogP contribution in [0.4, 0.5) is 0 Å². The van der Waals surface area contributed by atoms with Crippen LogP contribution < -0.4 is 5.56 Å². The molecular formula is C17H14N4O. The Balaban J connectivity index is 1.77. The molecule has 3 aromatic heterocycles. The van der Waals surface area contributed by atoms with Crippen LogP contribution in [-0.2, 0) is 7.05 Å². The Kier molecular flexibility index (Phi) is 2.72. The summed E-state index contributed by atoms with van der Waals surface area (Å²) < 4.78 is 3.61. The van der Waals surface area contributed by atoms with Crippen molar-refractivity contribution in [3.05, 3.63) is 71.5 Å². The minimum atomic E-state index is -0.0844. The van der Waals surface area contributed by atoms with E-state index in [1.807, 2.05) is 66.6 Å². The standard InChI is InChI=1S/C17H14N4O/c1-20-10-14(9-18-20)12-4-6-13(7-5-12)15-11-21-8-2-3-16(21)17(22)19-15/h2-11H,1H3,(H,19,22). The Hall–Kier alpha value is -3.08. The van der Waals surface area contributed by atoms with Crippen LogP contribution in [0.1, 0.15) is 0 Å². The Morgan fingerprint density at radius 1 is 1.00 bits per heavy atom. The highest BCUT2D eigenvalue weighted by Gasteiger charge is 2.05. The van der Waals surface area contributed by atoms with Gasteiger partial charge in [-0.1, -0.05) is 24.3 Å². The van der Waals surface area contributed by atoms with E-state index in [4.69, 9.17) is 0 Å². The predicted molar refractivity (Wildman–Crippen MR) is 85.7 cm³/mol. The lowest BCUT2D eigenvalue weighted by Crippen LogP contribution is -2.09. The Labute approximate surface area is 126 Å². The Morgan fingerprint density at radius 3 is 2.50 bits per heavy atom. The summed E-state index contributed by atoms with van der Waals surface area (Å²) in [5, 5.41) is 4.18. The molecule has 1 N–H and O–H groups in total. The lowest BCUT2D eigenvalue weighted by Gasteiger charge is -2.05. The molecule has 4 aromatic rings. The molecule has 1 aromatic carbocycles. The zero-order chi connectivity index (χ0) is 15.1. The lowest BCUT2D eigenvalue weighted by molar-refractivity contribution is 0.768. The number of fused-ring (bicyclic) bond motifs is 1. The van der Waals surface area contributed by atoms with E-state index in [1.54, 1.807) is 10.7 Å². The van der Waals surface area contributed by atoms with Gasteiger partial charge in [-0.2, -0.15) is 5.10 Å². The molecule has 0 radical (unpaired) electrons. The van der Waals surface area contributed by atoms with E-state index in [-0.39, 0.29) is 5.56 Å². The minimum absolute atomic E-state index is 0.0844. The number of benzene rings is 1. The lowest BCUT2D eigenvalue weighted by atomic mass is 10.1. The number of aromatic amines is 1. The van der Waals surface area contributed by atoms with Crippen molar-refractivity contribution >= 4 is 5.52 Å². The summed E-state index contributed by atoms with van der Waals surface area (Å²) in [4.78, 5) is 15.0. The monoisotopic (exact) mass is 290 g/mol. The first kappa shape index (κ1) is 12.6. The molecule has 0 spiro atoms. The summed E-state index contributed by atoms with van der Waals surface area (Å²) >= 11 is 0. The van der Waals surface area contributed by atoms with Crippen molar-refractivity contribution in [1.29, 1.82) is 0 Å². The largest absolute Gasteiger partial charge is 0.319 e. The molecule has 5 heteroatoms. The first-order valence-electron chi connectivity index (χ1n) is 7.00. The maximum Gasteiger partial charge on any atom is 0.272 e. The average Bonchev–Trinajstić information content (AvgIpc) is 3.16. The number of hydrogen-bond donors (Lipinski definition) is 1. The number of aromatic nitrogens is 4. The molecule has 0 aliphatic rings. The number of nitrogens with zero attached hydrogens (tertiary/aromatic N) is 3. The molecule has 108 valence electrons. The molecule has 0 aliphatic carbocycles. The summed E-state index contributed by atoms with van der Waals surface area (Å²) in [5.74, 6) is 0. The van der Waals surface area contributed by atoms with Gasteiger partial charge in [-0.05, 0) is 23.3 Å². The fraction of sp³-hybridized carbons (Fsp3) is 0.0588. The molecule has 0 fully saturated rings. The van der Waals surface area contributed by atoms with Gasteiger partial charge in [0.2, 0.25) is 0 Å². The third-order valence-electron chi connectivity index (χ3n) is 3.76. The van der Waals surface area contributed by atoms with E-state index in [0.29, 0.717) is 5.52 Å². The second-order valence-corrected chi connectivity index (χ2v) is 5.28. The molecule has 3 heterocycles. The van der Waals surface area contributed by atoms with Crippen LogP contribution in [0.3, 0.4) is 0 Å². The van der Waals surface area contributed by atoms with Crippen molar-refractivity contribution in [1.82, 2.24) is 19.2 Å². The first-order chi connectivity index (χ1) is 10.7. The average molecular weight is 290 g/mol. The van der Waals surface area contributed by atoms with Gasteiger partial charge in [-0.15, -0.1) is 0 Å². The van der Waals surface area contributed by atoms with Crippen molar-refractivity contribution < 1.29 is 0 Å². The van der Waals surface area contributed by atoms with Gasteiger partial charge in [-0.3, -0.25) is 9.48 Å². The van der Waals surface area contributed by atoms with Gasteiger partial charge in [0.15, 0.2) is 0 Å².